The van der Waals surface area contributed by atoms with Gasteiger partial charge in [-0.15, -0.1) is 0 Å². The summed E-state index contributed by atoms with van der Waals surface area (Å²) in [5.41, 5.74) is -0.246. The molecule has 3 rings (SSSR count). The molecule has 0 bridgehead atoms. The molecule has 6 heteroatoms. The number of fused-ring (bicyclic) bond motifs is 3. The Hall–Kier alpha value is -1.66. The summed E-state index contributed by atoms with van der Waals surface area (Å²) in [6, 6.07) is 0. The van der Waals surface area contributed by atoms with E-state index in [4.69, 9.17) is 9.47 Å². The Morgan fingerprint density at radius 3 is 2.83 bits per heavy atom. The molecule has 0 radical (unpaired) electrons. The Balaban J connectivity index is 1.93. The Morgan fingerprint density at radius 2 is 2.17 bits per heavy atom. The lowest BCUT2D eigenvalue weighted by molar-refractivity contribution is -0.166. The fourth-order valence-electron chi connectivity index (χ4n) is 4.24. The number of hydrogen-bond donors (Lipinski definition) is 2. The predicted octanol–water partition coefficient (Wildman–Crippen LogP) is 0.725. The fraction of sp³-hybridized carbons (Fsp3) is 0.647. The van der Waals surface area contributed by atoms with Crippen LogP contribution >= 0.6 is 0 Å². The second kappa shape index (κ2) is 5.46. The van der Waals surface area contributed by atoms with Crippen molar-refractivity contribution in [1.29, 1.82) is 0 Å². The van der Waals surface area contributed by atoms with Gasteiger partial charge in [-0.3, -0.25) is 4.79 Å². The molecule has 23 heavy (non-hydrogen) atoms. The number of hydrogen-bond acceptors (Lipinski definition) is 6. The van der Waals surface area contributed by atoms with Crippen LogP contribution in [0.25, 0.3) is 0 Å². The number of carbonyl (C=O) groups excluding carboxylic acids is 2. The largest absolute Gasteiger partial charge is 0.462 e. The number of rotatable bonds is 2. The third-order valence-corrected chi connectivity index (χ3v) is 5.52. The van der Waals surface area contributed by atoms with E-state index < -0.39 is 42.3 Å². The van der Waals surface area contributed by atoms with Crippen LogP contribution in [0.15, 0.2) is 24.3 Å². The average Bonchev–Trinajstić information content (AvgIpc) is 2.85. The summed E-state index contributed by atoms with van der Waals surface area (Å²) >= 11 is 0. The van der Waals surface area contributed by atoms with Gasteiger partial charge in [-0.05, 0) is 30.8 Å². The van der Waals surface area contributed by atoms with E-state index in [0.29, 0.717) is 24.8 Å². The van der Waals surface area contributed by atoms with Gasteiger partial charge in [0.25, 0.3) is 0 Å². The molecule has 2 saturated carbocycles. The first-order chi connectivity index (χ1) is 10.8. The molecular formula is C17H22O6. The van der Waals surface area contributed by atoms with Gasteiger partial charge in [-0.2, -0.15) is 0 Å². The molecule has 1 saturated heterocycles. The molecule has 0 unspecified atom stereocenters. The molecule has 6 nitrogen and oxygen atoms in total. The van der Waals surface area contributed by atoms with Crippen LogP contribution in [0.1, 0.15) is 26.2 Å². The summed E-state index contributed by atoms with van der Waals surface area (Å²) in [6.45, 7) is 8.86. The fourth-order valence-corrected chi connectivity index (χ4v) is 4.24. The zero-order valence-electron chi connectivity index (χ0n) is 13.2. The molecule has 0 spiro atoms. The van der Waals surface area contributed by atoms with E-state index in [1.165, 1.54) is 6.92 Å². The van der Waals surface area contributed by atoms with Gasteiger partial charge < -0.3 is 19.7 Å². The van der Waals surface area contributed by atoms with Gasteiger partial charge in [0.1, 0.15) is 12.7 Å². The highest BCUT2D eigenvalue weighted by molar-refractivity contribution is 5.83. The van der Waals surface area contributed by atoms with Gasteiger partial charge in [-0.1, -0.05) is 18.7 Å². The van der Waals surface area contributed by atoms with Crippen molar-refractivity contribution < 1.29 is 29.3 Å². The van der Waals surface area contributed by atoms with Gasteiger partial charge in [0.2, 0.25) is 5.60 Å². The van der Waals surface area contributed by atoms with Crippen molar-refractivity contribution in [3.05, 3.63) is 24.3 Å². The van der Waals surface area contributed by atoms with E-state index in [1.54, 1.807) is 0 Å². The van der Waals surface area contributed by atoms with Crippen molar-refractivity contribution in [3.63, 3.8) is 0 Å². The Labute approximate surface area is 134 Å². The zero-order valence-corrected chi connectivity index (χ0v) is 13.2. The number of ether oxygens (including phenoxy) is 2. The summed E-state index contributed by atoms with van der Waals surface area (Å²) in [5.74, 6) is -2.10. The molecular weight excluding hydrogens is 300 g/mol. The predicted molar refractivity (Wildman–Crippen MR) is 80.1 cm³/mol. The van der Waals surface area contributed by atoms with E-state index in [2.05, 4.69) is 13.2 Å². The van der Waals surface area contributed by atoms with Gasteiger partial charge in [0.05, 0.1) is 6.10 Å². The Bertz CT molecular complexity index is 582. The van der Waals surface area contributed by atoms with Crippen molar-refractivity contribution in [3.8, 4) is 0 Å². The molecule has 0 aromatic heterocycles. The van der Waals surface area contributed by atoms with Crippen molar-refractivity contribution in [2.24, 2.45) is 17.8 Å². The van der Waals surface area contributed by atoms with E-state index in [9.17, 15) is 19.8 Å². The number of carbonyl (C=O) groups is 2. The Morgan fingerprint density at radius 1 is 1.48 bits per heavy atom. The van der Waals surface area contributed by atoms with E-state index in [0.717, 1.165) is 5.57 Å². The molecule has 3 aliphatic rings. The Kier molecular flexibility index (Phi) is 3.84. The normalized spacial score (nSPS) is 42.7. The smallest absolute Gasteiger partial charge is 0.342 e. The lowest BCUT2D eigenvalue weighted by atomic mass is 9.78. The molecule has 1 heterocycles. The number of esters is 2. The molecule has 126 valence electrons. The molecule has 1 aliphatic heterocycles. The first-order valence-corrected chi connectivity index (χ1v) is 7.87. The van der Waals surface area contributed by atoms with Crippen LogP contribution in [0, 0.1) is 17.8 Å². The van der Waals surface area contributed by atoms with Crippen LogP contribution in [-0.2, 0) is 19.1 Å². The molecule has 0 aromatic carbocycles. The zero-order chi connectivity index (χ0) is 16.9. The van der Waals surface area contributed by atoms with E-state index in [1.807, 2.05) is 0 Å². The first kappa shape index (κ1) is 16.2. The molecule has 2 aliphatic carbocycles. The third-order valence-electron chi connectivity index (χ3n) is 5.52. The molecule has 3 fully saturated rings. The minimum atomic E-state index is -1.85. The molecule has 0 aromatic rings. The highest BCUT2D eigenvalue weighted by atomic mass is 16.6. The lowest BCUT2D eigenvalue weighted by Gasteiger charge is -2.29. The maximum absolute atomic E-state index is 12.3. The van der Waals surface area contributed by atoms with Gasteiger partial charge in [-0.25, -0.2) is 4.79 Å². The highest BCUT2D eigenvalue weighted by Gasteiger charge is 2.62. The van der Waals surface area contributed by atoms with Crippen LogP contribution in [0.5, 0.6) is 0 Å². The second-order valence-electron chi connectivity index (χ2n) is 6.84. The van der Waals surface area contributed by atoms with Crippen molar-refractivity contribution in [2.75, 3.05) is 6.61 Å². The molecule has 6 atom stereocenters. The van der Waals surface area contributed by atoms with Gasteiger partial charge >= 0.3 is 11.9 Å². The average molecular weight is 322 g/mol. The molecule has 0 amide bonds. The summed E-state index contributed by atoms with van der Waals surface area (Å²) in [4.78, 5) is 23.3. The summed E-state index contributed by atoms with van der Waals surface area (Å²) in [5, 5.41) is 20.9. The summed E-state index contributed by atoms with van der Waals surface area (Å²) in [7, 11) is 0. The number of allylic oxidation sites excluding steroid dienone is 1. The topological polar surface area (TPSA) is 93.1 Å². The molecule has 2 N–H and O–H groups in total. The first-order valence-electron chi connectivity index (χ1n) is 7.87. The van der Waals surface area contributed by atoms with Crippen LogP contribution in [0.3, 0.4) is 0 Å². The summed E-state index contributed by atoms with van der Waals surface area (Å²) < 4.78 is 10.4. The SMILES string of the molecule is C=C1[C@@H]2[C@@H]3OC(=O)[C@@](O)(COC(C)=O)[C@H]3CCC(=C)[C@@H]2C[C@@H]1O. The lowest BCUT2D eigenvalue weighted by Crippen LogP contribution is -2.47. The van der Waals surface area contributed by atoms with Crippen molar-refractivity contribution in [2.45, 2.75) is 44.0 Å². The maximum atomic E-state index is 12.3. The van der Waals surface area contributed by atoms with Crippen LogP contribution < -0.4 is 0 Å². The van der Waals surface area contributed by atoms with Crippen LogP contribution in [0.4, 0.5) is 0 Å². The third kappa shape index (κ3) is 2.40. The van der Waals surface area contributed by atoms with Crippen molar-refractivity contribution >= 4 is 11.9 Å². The number of aliphatic hydroxyl groups is 2. The monoisotopic (exact) mass is 322 g/mol. The standard InChI is InChI=1S/C17H22O6/c1-8-4-5-12-15(14-9(2)13(19)6-11(8)14)23-16(20)17(12,21)7-22-10(3)18/h11-15,19,21H,1-2,4-7H2,3H3/t11-,12-,13-,14-,15+,17+/m0/s1. The van der Waals surface area contributed by atoms with E-state index >= 15 is 0 Å². The van der Waals surface area contributed by atoms with Crippen LogP contribution in [0.2, 0.25) is 0 Å². The van der Waals surface area contributed by atoms with Gasteiger partial charge in [0.15, 0.2) is 0 Å². The highest BCUT2D eigenvalue weighted by Crippen LogP contribution is 2.53. The van der Waals surface area contributed by atoms with E-state index in [-0.39, 0.29) is 11.8 Å². The number of aliphatic hydroxyl groups excluding tert-OH is 1. The summed E-state index contributed by atoms with van der Waals surface area (Å²) in [6.07, 6.45) is 0.439. The second-order valence-corrected chi connectivity index (χ2v) is 6.84. The van der Waals surface area contributed by atoms with Crippen molar-refractivity contribution in [1.82, 2.24) is 0 Å². The van der Waals surface area contributed by atoms with Gasteiger partial charge in [0, 0.05) is 18.8 Å². The minimum absolute atomic E-state index is 0.00336. The quantitative estimate of drug-likeness (QED) is 0.575. The van der Waals surface area contributed by atoms with Crippen LogP contribution in [-0.4, -0.2) is 46.6 Å². The maximum Gasteiger partial charge on any atom is 0.342 e. The minimum Gasteiger partial charge on any atom is -0.462 e.